The average molecular weight is 292 g/mol. The molecule has 1 aromatic carbocycles. The number of carbonyl (C=O) groups excluding carboxylic acids is 1. The fraction of sp³-hybridized carbons (Fsp3) is 0.462. The predicted molar refractivity (Wildman–Crippen MR) is 66.5 cm³/mol. The molecular formula is C13H16F4N2O. The Morgan fingerprint density at radius 2 is 1.95 bits per heavy atom. The minimum Gasteiger partial charge on any atom is -0.346 e. The molecule has 0 saturated carbocycles. The number of carbonyl (C=O) groups is 1. The smallest absolute Gasteiger partial charge is 0.346 e. The van der Waals surface area contributed by atoms with Crippen molar-refractivity contribution in [3.8, 4) is 0 Å². The summed E-state index contributed by atoms with van der Waals surface area (Å²) in [4.78, 5) is 11.5. The summed E-state index contributed by atoms with van der Waals surface area (Å²) in [5, 5.41) is 4.60. The van der Waals surface area contributed by atoms with E-state index in [4.69, 9.17) is 0 Å². The van der Waals surface area contributed by atoms with Gasteiger partial charge in [-0.2, -0.15) is 13.2 Å². The number of benzene rings is 1. The molecule has 1 rings (SSSR count). The Kier molecular flexibility index (Phi) is 5.50. The predicted octanol–water partition coefficient (Wildman–Crippen LogP) is 2.54. The zero-order valence-corrected chi connectivity index (χ0v) is 11.1. The van der Waals surface area contributed by atoms with Gasteiger partial charge >= 0.3 is 6.18 Å². The van der Waals surface area contributed by atoms with E-state index in [0.717, 1.165) is 0 Å². The van der Waals surface area contributed by atoms with E-state index in [-0.39, 0.29) is 6.04 Å². The summed E-state index contributed by atoms with van der Waals surface area (Å²) in [5.41, 5.74) is 0.612. The van der Waals surface area contributed by atoms with Gasteiger partial charge in [0.05, 0.1) is 6.04 Å². The van der Waals surface area contributed by atoms with Crippen LogP contribution in [0.1, 0.15) is 25.5 Å². The van der Waals surface area contributed by atoms with Crippen LogP contribution in [0.4, 0.5) is 17.6 Å². The zero-order valence-electron chi connectivity index (χ0n) is 11.1. The van der Waals surface area contributed by atoms with Gasteiger partial charge in [0.2, 0.25) is 5.91 Å². The number of hydrogen-bond donors (Lipinski definition) is 2. The van der Waals surface area contributed by atoms with Crippen LogP contribution in [0.2, 0.25) is 0 Å². The summed E-state index contributed by atoms with van der Waals surface area (Å²) in [6, 6.07) is 4.60. The van der Waals surface area contributed by atoms with Crippen molar-refractivity contribution in [3.63, 3.8) is 0 Å². The summed E-state index contributed by atoms with van der Waals surface area (Å²) >= 11 is 0. The Morgan fingerprint density at radius 3 is 2.50 bits per heavy atom. The molecule has 20 heavy (non-hydrogen) atoms. The molecule has 112 valence electrons. The van der Waals surface area contributed by atoms with Gasteiger partial charge in [-0.3, -0.25) is 10.1 Å². The third-order valence-corrected chi connectivity index (χ3v) is 2.71. The molecule has 0 saturated heterocycles. The molecule has 2 N–H and O–H groups in total. The quantitative estimate of drug-likeness (QED) is 0.819. The van der Waals surface area contributed by atoms with E-state index in [0.29, 0.717) is 5.56 Å². The monoisotopic (exact) mass is 292 g/mol. The van der Waals surface area contributed by atoms with Gasteiger partial charge in [-0.05, 0) is 31.5 Å². The molecule has 1 aromatic rings. The van der Waals surface area contributed by atoms with Crippen LogP contribution >= 0.6 is 0 Å². The van der Waals surface area contributed by atoms with Crippen LogP contribution in [0, 0.1) is 5.82 Å². The van der Waals surface area contributed by atoms with Crippen molar-refractivity contribution in [1.82, 2.24) is 10.6 Å². The maximum atomic E-state index is 13.0. The first kappa shape index (κ1) is 16.4. The van der Waals surface area contributed by atoms with Crippen LogP contribution in [0.25, 0.3) is 0 Å². The van der Waals surface area contributed by atoms with E-state index < -0.39 is 30.5 Å². The second-order valence-electron chi connectivity index (χ2n) is 4.50. The molecule has 2 atom stereocenters. The van der Waals surface area contributed by atoms with E-state index in [2.05, 4.69) is 5.32 Å². The SMILES string of the molecule is CC(N[C@H](C)c1cccc(F)c1)C(=O)NCC(F)(F)F. The molecule has 0 fully saturated rings. The van der Waals surface area contributed by atoms with Crippen LogP contribution in [-0.4, -0.2) is 24.7 Å². The Morgan fingerprint density at radius 1 is 1.30 bits per heavy atom. The fourth-order valence-electron chi connectivity index (χ4n) is 1.66. The fourth-order valence-corrected chi connectivity index (χ4v) is 1.66. The number of alkyl halides is 3. The van der Waals surface area contributed by atoms with Crippen molar-refractivity contribution in [3.05, 3.63) is 35.6 Å². The minimum atomic E-state index is -4.44. The average Bonchev–Trinajstić information content (AvgIpc) is 2.34. The van der Waals surface area contributed by atoms with Gasteiger partial charge < -0.3 is 5.32 Å². The highest BCUT2D eigenvalue weighted by molar-refractivity contribution is 5.81. The molecule has 1 amide bonds. The topological polar surface area (TPSA) is 41.1 Å². The first-order valence-electron chi connectivity index (χ1n) is 6.05. The van der Waals surface area contributed by atoms with E-state index >= 15 is 0 Å². The molecule has 0 aliphatic carbocycles. The van der Waals surface area contributed by atoms with Crippen molar-refractivity contribution in [2.45, 2.75) is 32.1 Å². The molecule has 0 aliphatic heterocycles. The highest BCUT2D eigenvalue weighted by atomic mass is 19.4. The van der Waals surface area contributed by atoms with Crippen molar-refractivity contribution in [2.75, 3.05) is 6.54 Å². The standard InChI is InChI=1S/C13H16F4N2O/c1-8(10-4-3-5-11(14)6-10)19-9(2)12(20)18-7-13(15,16)17/h3-6,8-9,19H,7H2,1-2H3,(H,18,20)/t8-,9?/m1/s1. The second kappa shape index (κ2) is 6.69. The molecule has 0 aliphatic rings. The molecule has 1 unspecified atom stereocenters. The summed E-state index contributed by atoms with van der Waals surface area (Å²) in [6.07, 6.45) is -4.44. The summed E-state index contributed by atoms with van der Waals surface area (Å²) in [7, 11) is 0. The summed E-state index contributed by atoms with van der Waals surface area (Å²) in [5.74, 6) is -1.17. The highest BCUT2D eigenvalue weighted by Gasteiger charge is 2.28. The van der Waals surface area contributed by atoms with Gasteiger partial charge in [0.25, 0.3) is 0 Å². The van der Waals surface area contributed by atoms with Gasteiger partial charge in [-0.25, -0.2) is 4.39 Å². The van der Waals surface area contributed by atoms with Gasteiger partial charge in [0, 0.05) is 6.04 Å². The van der Waals surface area contributed by atoms with Crippen molar-refractivity contribution in [2.24, 2.45) is 0 Å². The molecule has 0 aromatic heterocycles. The van der Waals surface area contributed by atoms with Crippen LogP contribution in [-0.2, 0) is 4.79 Å². The lowest BCUT2D eigenvalue weighted by molar-refractivity contribution is -0.139. The van der Waals surface area contributed by atoms with Gasteiger partial charge in [-0.1, -0.05) is 12.1 Å². The highest BCUT2D eigenvalue weighted by Crippen LogP contribution is 2.15. The lowest BCUT2D eigenvalue weighted by Gasteiger charge is -2.20. The molecule has 7 heteroatoms. The lowest BCUT2D eigenvalue weighted by atomic mass is 10.1. The molecule has 0 bridgehead atoms. The maximum Gasteiger partial charge on any atom is 0.405 e. The molecule has 3 nitrogen and oxygen atoms in total. The van der Waals surface area contributed by atoms with E-state index in [1.165, 1.54) is 25.1 Å². The third kappa shape index (κ3) is 5.56. The van der Waals surface area contributed by atoms with Gasteiger partial charge in [0.15, 0.2) is 0 Å². The largest absolute Gasteiger partial charge is 0.405 e. The lowest BCUT2D eigenvalue weighted by Crippen LogP contribution is -2.45. The number of amides is 1. The summed E-state index contributed by atoms with van der Waals surface area (Å²) < 4.78 is 49.0. The Hall–Kier alpha value is -1.63. The normalized spacial score (nSPS) is 14.7. The molecule has 0 spiro atoms. The molecular weight excluding hydrogens is 276 g/mol. The van der Waals surface area contributed by atoms with Crippen molar-refractivity contribution in [1.29, 1.82) is 0 Å². The number of halogens is 4. The van der Waals surface area contributed by atoms with Crippen molar-refractivity contribution >= 4 is 5.91 Å². The number of hydrogen-bond acceptors (Lipinski definition) is 2. The van der Waals surface area contributed by atoms with Gasteiger partial charge in [-0.15, -0.1) is 0 Å². The van der Waals surface area contributed by atoms with E-state index in [9.17, 15) is 22.4 Å². The van der Waals surface area contributed by atoms with Gasteiger partial charge in [0.1, 0.15) is 12.4 Å². The Labute approximate surface area is 114 Å². The number of nitrogens with one attached hydrogen (secondary N) is 2. The van der Waals surface area contributed by atoms with E-state index in [1.807, 2.05) is 0 Å². The van der Waals surface area contributed by atoms with Crippen LogP contribution in [0.5, 0.6) is 0 Å². The Balaban J connectivity index is 2.53. The Bertz CT molecular complexity index is 462. The third-order valence-electron chi connectivity index (χ3n) is 2.71. The van der Waals surface area contributed by atoms with Crippen LogP contribution < -0.4 is 10.6 Å². The van der Waals surface area contributed by atoms with Crippen LogP contribution in [0.15, 0.2) is 24.3 Å². The zero-order chi connectivity index (χ0) is 15.3. The van der Waals surface area contributed by atoms with E-state index in [1.54, 1.807) is 18.3 Å². The van der Waals surface area contributed by atoms with Crippen molar-refractivity contribution < 1.29 is 22.4 Å². The molecule has 0 radical (unpaired) electrons. The maximum absolute atomic E-state index is 13.0. The second-order valence-corrected chi connectivity index (χ2v) is 4.50. The minimum absolute atomic E-state index is 0.364. The first-order chi connectivity index (χ1) is 9.19. The molecule has 0 heterocycles. The number of rotatable bonds is 5. The first-order valence-corrected chi connectivity index (χ1v) is 6.05. The van der Waals surface area contributed by atoms with Crippen LogP contribution in [0.3, 0.4) is 0 Å². The summed E-state index contributed by atoms with van der Waals surface area (Å²) in [6.45, 7) is 1.77.